The number of imidazole rings is 1. The lowest BCUT2D eigenvalue weighted by atomic mass is 10.2. The van der Waals surface area contributed by atoms with Gasteiger partial charge in [0.15, 0.2) is 11.5 Å². The summed E-state index contributed by atoms with van der Waals surface area (Å²) in [6, 6.07) is 11.0. The Bertz CT molecular complexity index is 827. The number of methoxy groups -OCH3 is 1. The second-order valence-electron chi connectivity index (χ2n) is 5.11. The molecule has 1 heterocycles. The van der Waals surface area contributed by atoms with Gasteiger partial charge in [0.2, 0.25) is 0 Å². The van der Waals surface area contributed by atoms with Crippen LogP contribution in [0.15, 0.2) is 36.4 Å². The summed E-state index contributed by atoms with van der Waals surface area (Å²) in [5.74, 6) is 1.40. The van der Waals surface area contributed by atoms with Gasteiger partial charge >= 0.3 is 0 Å². The Balaban J connectivity index is 2.22. The fraction of sp³-hybridized carbons (Fsp3) is 0.235. The van der Waals surface area contributed by atoms with Gasteiger partial charge in [-0.25, -0.2) is 4.98 Å². The van der Waals surface area contributed by atoms with E-state index in [-0.39, 0.29) is 5.75 Å². The summed E-state index contributed by atoms with van der Waals surface area (Å²) < 4.78 is 7.36. The predicted molar refractivity (Wildman–Crippen MR) is 88.7 cm³/mol. The average Bonchev–Trinajstić information content (AvgIpc) is 2.86. The Morgan fingerprint density at radius 2 is 2.05 bits per heavy atom. The summed E-state index contributed by atoms with van der Waals surface area (Å²) in [6.45, 7) is 2.99. The third-order valence-corrected chi connectivity index (χ3v) is 3.83. The molecule has 4 nitrogen and oxygen atoms in total. The lowest BCUT2D eigenvalue weighted by molar-refractivity contribution is 0.373. The number of hydrogen-bond donors (Lipinski definition) is 1. The quantitative estimate of drug-likeness (QED) is 0.772. The Morgan fingerprint density at radius 1 is 1.23 bits per heavy atom. The molecule has 114 valence electrons. The number of ether oxygens (including phenoxy) is 1. The van der Waals surface area contributed by atoms with Crippen molar-refractivity contribution in [3.63, 3.8) is 0 Å². The van der Waals surface area contributed by atoms with E-state index in [1.807, 2.05) is 24.3 Å². The van der Waals surface area contributed by atoms with Crippen molar-refractivity contribution in [1.82, 2.24) is 9.55 Å². The summed E-state index contributed by atoms with van der Waals surface area (Å²) in [4.78, 5) is 4.71. The first kappa shape index (κ1) is 14.7. The van der Waals surface area contributed by atoms with Crippen LogP contribution in [0.5, 0.6) is 11.5 Å². The molecule has 0 aliphatic heterocycles. The standard InChI is InChI=1S/C17H17ClN2O2/c1-3-8-20-14-6-5-12(18)10-13(14)19-17(20)11-4-7-15(21)16(9-11)22-2/h4-7,9-10,21H,3,8H2,1-2H3. The zero-order valence-corrected chi connectivity index (χ0v) is 13.3. The van der Waals surface area contributed by atoms with E-state index in [9.17, 15) is 5.11 Å². The lowest BCUT2D eigenvalue weighted by Gasteiger charge is -2.10. The molecule has 5 heteroatoms. The number of phenols is 1. The molecule has 0 amide bonds. The van der Waals surface area contributed by atoms with E-state index in [0.29, 0.717) is 10.8 Å². The van der Waals surface area contributed by atoms with Crippen molar-refractivity contribution in [1.29, 1.82) is 0 Å². The predicted octanol–water partition coefficient (Wildman–Crippen LogP) is 4.48. The molecular weight excluding hydrogens is 300 g/mol. The average molecular weight is 317 g/mol. The van der Waals surface area contributed by atoms with Crippen molar-refractivity contribution in [2.75, 3.05) is 7.11 Å². The molecule has 0 radical (unpaired) electrons. The number of aryl methyl sites for hydroxylation is 1. The maximum Gasteiger partial charge on any atom is 0.161 e. The number of rotatable bonds is 4. The van der Waals surface area contributed by atoms with Crippen LogP contribution in [0, 0.1) is 0 Å². The van der Waals surface area contributed by atoms with E-state index in [2.05, 4.69) is 11.5 Å². The molecule has 0 saturated carbocycles. The summed E-state index contributed by atoms with van der Waals surface area (Å²) >= 11 is 6.07. The van der Waals surface area contributed by atoms with Crippen molar-refractivity contribution in [2.45, 2.75) is 19.9 Å². The third-order valence-electron chi connectivity index (χ3n) is 3.60. The van der Waals surface area contributed by atoms with Crippen molar-refractivity contribution >= 4 is 22.6 Å². The summed E-state index contributed by atoms with van der Waals surface area (Å²) in [7, 11) is 1.54. The number of hydrogen-bond acceptors (Lipinski definition) is 3. The molecule has 0 aliphatic rings. The number of aromatic nitrogens is 2. The summed E-state index contributed by atoms with van der Waals surface area (Å²) in [5, 5.41) is 10.4. The van der Waals surface area contributed by atoms with Crippen molar-refractivity contribution in [2.24, 2.45) is 0 Å². The highest BCUT2D eigenvalue weighted by atomic mass is 35.5. The van der Waals surface area contributed by atoms with Crippen LogP contribution in [0.2, 0.25) is 5.02 Å². The van der Waals surface area contributed by atoms with Gasteiger partial charge in [-0.15, -0.1) is 0 Å². The first-order valence-electron chi connectivity index (χ1n) is 7.17. The van der Waals surface area contributed by atoms with Gasteiger partial charge in [-0.2, -0.15) is 0 Å². The van der Waals surface area contributed by atoms with E-state index >= 15 is 0 Å². The second kappa shape index (κ2) is 5.89. The van der Waals surface area contributed by atoms with Crippen LogP contribution in [0.1, 0.15) is 13.3 Å². The normalized spacial score (nSPS) is 11.0. The molecule has 0 unspecified atom stereocenters. The molecule has 0 aliphatic carbocycles. The van der Waals surface area contributed by atoms with Crippen LogP contribution in [-0.2, 0) is 6.54 Å². The van der Waals surface area contributed by atoms with Crippen molar-refractivity contribution in [3.8, 4) is 22.9 Å². The molecule has 1 N–H and O–H groups in total. The van der Waals surface area contributed by atoms with E-state index < -0.39 is 0 Å². The van der Waals surface area contributed by atoms with E-state index in [1.165, 1.54) is 7.11 Å². The van der Waals surface area contributed by atoms with Crippen molar-refractivity contribution < 1.29 is 9.84 Å². The van der Waals surface area contributed by atoms with Gasteiger partial charge in [0.05, 0.1) is 18.1 Å². The van der Waals surface area contributed by atoms with Gasteiger partial charge in [0.25, 0.3) is 0 Å². The summed E-state index contributed by atoms with van der Waals surface area (Å²) in [6.07, 6.45) is 0.996. The molecule has 22 heavy (non-hydrogen) atoms. The highest BCUT2D eigenvalue weighted by Gasteiger charge is 2.14. The zero-order chi connectivity index (χ0) is 15.7. The molecular formula is C17H17ClN2O2. The number of halogens is 1. The molecule has 0 spiro atoms. The monoisotopic (exact) mass is 316 g/mol. The zero-order valence-electron chi connectivity index (χ0n) is 12.5. The lowest BCUT2D eigenvalue weighted by Crippen LogP contribution is -1.99. The minimum atomic E-state index is 0.118. The highest BCUT2D eigenvalue weighted by molar-refractivity contribution is 6.31. The van der Waals surface area contributed by atoms with Crippen LogP contribution in [0.4, 0.5) is 0 Å². The fourth-order valence-corrected chi connectivity index (χ4v) is 2.76. The fourth-order valence-electron chi connectivity index (χ4n) is 2.59. The molecule has 2 aromatic carbocycles. The molecule has 3 aromatic rings. The minimum absolute atomic E-state index is 0.118. The maximum atomic E-state index is 9.76. The van der Waals surface area contributed by atoms with Gasteiger partial charge in [-0.3, -0.25) is 0 Å². The van der Waals surface area contributed by atoms with E-state index in [4.69, 9.17) is 21.3 Å². The summed E-state index contributed by atoms with van der Waals surface area (Å²) in [5.41, 5.74) is 2.81. The first-order chi connectivity index (χ1) is 10.6. The molecule has 0 fully saturated rings. The second-order valence-corrected chi connectivity index (χ2v) is 5.54. The number of phenolic OH excluding ortho intramolecular Hbond substituents is 1. The largest absolute Gasteiger partial charge is 0.504 e. The van der Waals surface area contributed by atoms with Gasteiger partial charge < -0.3 is 14.4 Å². The third kappa shape index (κ3) is 2.50. The molecule has 0 saturated heterocycles. The van der Waals surface area contributed by atoms with Crippen LogP contribution >= 0.6 is 11.6 Å². The number of aromatic hydroxyl groups is 1. The van der Waals surface area contributed by atoms with Gasteiger partial charge in [-0.1, -0.05) is 18.5 Å². The van der Waals surface area contributed by atoms with E-state index in [1.54, 1.807) is 12.1 Å². The van der Waals surface area contributed by atoms with Gasteiger partial charge in [-0.05, 0) is 42.8 Å². The topological polar surface area (TPSA) is 47.3 Å². The molecule has 0 bridgehead atoms. The van der Waals surface area contributed by atoms with E-state index in [0.717, 1.165) is 35.4 Å². The SMILES string of the molecule is CCCn1c(-c2ccc(O)c(OC)c2)nc2cc(Cl)ccc21. The smallest absolute Gasteiger partial charge is 0.161 e. The maximum absolute atomic E-state index is 9.76. The van der Waals surface area contributed by atoms with Crippen LogP contribution in [-0.4, -0.2) is 21.8 Å². The van der Waals surface area contributed by atoms with Gasteiger partial charge in [0.1, 0.15) is 5.82 Å². The molecule has 3 rings (SSSR count). The number of benzene rings is 2. The Labute approximate surface area is 133 Å². The van der Waals surface area contributed by atoms with Crippen LogP contribution in [0.3, 0.4) is 0 Å². The number of fused-ring (bicyclic) bond motifs is 1. The van der Waals surface area contributed by atoms with Crippen LogP contribution < -0.4 is 4.74 Å². The Hall–Kier alpha value is -2.20. The minimum Gasteiger partial charge on any atom is -0.504 e. The van der Waals surface area contributed by atoms with Gasteiger partial charge in [0, 0.05) is 17.1 Å². The highest BCUT2D eigenvalue weighted by Crippen LogP contribution is 2.33. The first-order valence-corrected chi connectivity index (χ1v) is 7.55. The molecule has 1 aromatic heterocycles. The molecule has 0 atom stereocenters. The Morgan fingerprint density at radius 3 is 2.77 bits per heavy atom. The van der Waals surface area contributed by atoms with Crippen LogP contribution in [0.25, 0.3) is 22.4 Å². The number of nitrogens with zero attached hydrogens (tertiary/aromatic N) is 2. The van der Waals surface area contributed by atoms with Crippen molar-refractivity contribution in [3.05, 3.63) is 41.4 Å². The Kier molecular flexibility index (Phi) is 3.94.